The van der Waals surface area contributed by atoms with E-state index in [1.54, 1.807) is 0 Å². The Kier molecular flexibility index (Phi) is 6.73. The standard InChI is InChI=1S/C50H31N3O/c1-3-15-32(16-4-1)35-28-29-40(37-20-8-7-19-36(35)37)49-52-47(33-17-5-2-6-18-33)51-48(53-49)34-27-30-46-44(31-34)50(43-25-13-14-26-45(43)54-46)41-23-11-9-21-38(41)39-22-10-12-24-42(39)50/h1-31H. The van der Waals surface area contributed by atoms with Gasteiger partial charge >= 0.3 is 0 Å². The lowest BCUT2D eigenvalue weighted by Crippen LogP contribution is -2.32. The minimum absolute atomic E-state index is 0.588. The van der Waals surface area contributed by atoms with E-state index in [0.717, 1.165) is 50.1 Å². The molecule has 0 atom stereocenters. The van der Waals surface area contributed by atoms with Gasteiger partial charge in [0.15, 0.2) is 17.5 Å². The number of para-hydroxylation sites is 1. The van der Waals surface area contributed by atoms with Crippen LogP contribution in [0.3, 0.4) is 0 Å². The van der Waals surface area contributed by atoms with Crippen molar-refractivity contribution < 1.29 is 4.74 Å². The quantitative estimate of drug-likeness (QED) is 0.185. The molecule has 2 aliphatic rings. The number of rotatable bonds is 4. The number of hydrogen-bond donors (Lipinski definition) is 0. The molecule has 252 valence electrons. The van der Waals surface area contributed by atoms with Crippen LogP contribution in [0, 0.1) is 0 Å². The van der Waals surface area contributed by atoms with Crippen molar-refractivity contribution in [3.05, 3.63) is 210 Å². The van der Waals surface area contributed by atoms with Crippen LogP contribution in [-0.4, -0.2) is 15.0 Å². The van der Waals surface area contributed by atoms with E-state index >= 15 is 0 Å². The van der Waals surface area contributed by atoms with Crippen molar-refractivity contribution in [3.8, 4) is 67.9 Å². The van der Waals surface area contributed by atoms with E-state index in [0.29, 0.717) is 17.5 Å². The van der Waals surface area contributed by atoms with Crippen molar-refractivity contribution in [2.75, 3.05) is 0 Å². The molecule has 0 unspecified atom stereocenters. The molecule has 2 heterocycles. The Balaban J connectivity index is 1.16. The third-order valence-corrected chi connectivity index (χ3v) is 11.0. The lowest BCUT2D eigenvalue weighted by Gasteiger charge is -2.39. The topological polar surface area (TPSA) is 47.9 Å². The molecular formula is C50H31N3O. The first-order valence-corrected chi connectivity index (χ1v) is 18.3. The summed E-state index contributed by atoms with van der Waals surface area (Å²) in [6.45, 7) is 0. The summed E-state index contributed by atoms with van der Waals surface area (Å²) in [6.07, 6.45) is 0. The summed E-state index contributed by atoms with van der Waals surface area (Å²) in [4.78, 5) is 15.6. The van der Waals surface area contributed by atoms with Gasteiger partial charge in [-0.05, 0) is 74.5 Å². The van der Waals surface area contributed by atoms with Gasteiger partial charge in [0.1, 0.15) is 11.5 Å². The maximum Gasteiger partial charge on any atom is 0.164 e. The average Bonchev–Trinajstić information content (AvgIpc) is 3.54. The summed E-state index contributed by atoms with van der Waals surface area (Å²) >= 11 is 0. The minimum atomic E-state index is -0.588. The second kappa shape index (κ2) is 11.9. The van der Waals surface area contributed by atoms with Crippen LogP contribution in [-0.2, 0) is 5.41 Å². The second-order valence-corrected chi connectivity index (χ2v) is 13.9. The zero-order valence-electron chi connectivity index (χ0n) is 29.1. The predicted octanol–water partition coefficient (Wildman–Crippen LogP) is 12.2. The molecule has 0 amide bonds. The van der Waals surface area contributed by atoms with Gasteiger partial charge in [0.2, 0.25) is 0 Å². The molecule has 9 aromatic rings. The molecule has 0 saturated carbocycles. The number of ether oxygens (including phenoxy) is 1. The Hall–Kier alpha value is -7.17. The molecule has 0 bridgehead atoms. The first kappa shape index (κ1) is 30.5. The van der Waals surface area contributed by atoms with Crippen LogP contribution in [0.4, 0.5) is 0 Å². The third-order valence-electron chi connectivity index (χ3n) is 11.0. The summed E-state index contributed by atoms with van der Waals surface area (Å²) in [5, 5.41) is 2.23. The Morgan fingerprint density at radius 3 is 1.52 bits per heavy atom. The summed E-state index contributed by atoms with van der Waals surface area (Å²) < 4.78 is 6.71. The average molecular weight is 690 g/mol. The summed E-state index contributed by atoms with van der Waals surface area (Å²) in [5.74, 6) is 3.54. The number of aromatic nitrogens is 3. The minimum Gasteiger partial charge on any atom is -0.457 e. The van der Waals surface area contributed by atoms with Crippen LogP contribution >= 0.6 is 0 Å². The SMILES string of the molecule is c1ccc(-c2nc(-c3ccc4c(c3)C3(c5ccccc5O4)c4ccccc4-c4ccccc43)nc(-c3ccc(-c4ccccc4)c4ccccc34)n2)cc1. The monoisotopic (exact) mass is 689 g/mol. The number of nitrogens with zero attached hydrogens (tertiary/aromatic N) is 3. The molecule has 0 saturated heterocycles. The van der Waals surface area contributed by atoms with Gasteiger partial charge in [0.25, 0.3) is 0 Å². The van der Waals surface area contributed by atoms with Gasteiger partial charge < -0.3 is 4.74 Å². The fourth-order valence-corrected chi connectivity index (χ4v) is 8.70. The second-order valence-electron chi connectivity index (χ2n) is 13.9. The zero-order valence-corrected chi connectivity index (χ0v) is 29.1. The first-order valence-electron chi connectivity index (χ1n) is 18.3. The summed E-state index contributed by atoms with van der Waals surface area (Å²) in [5.41, 5.74) is 11.7. The molecule has 8 aromatic carbocycles. The molecule has 1 spiro atoms. The number of fused-ring (bicyclic) bond motifs is 10. The summed E-state index contributed by atoms with van der Waals surface area (Å²) in [7, 11) is 0. The van der Waals surface area contributed by atoms with E-state index in [2.05, 4.69) is 164 Å². The fourth-order valence-electron chi connectivity index (χ4n) is 8.70. The lowest BCUT2D eigenvalue weighted by molar-refractivity contribution is 0.436. The Morgan fingerprint density at radius 1 is 0.315 bits per heavy atom. The molecule has 4 nitrogen and oxygen atoms in total. The van der Waals surface area contributed by atoms with Crippen LogP contribution in [0.25, 0.3) is 67.2 Å². The first-order chi connectivity index (χ1) is 26.8. The Morgan fingerprint density at radius 2 is 0.815 bits per heavy atom. The van der Waals surface area contributed by atoms with Gasteiger partial charge in [0.05, 0.1) is 5.41 Å². The molecule has 11 rings (SSSR count). The van der Waals surface area contributed by atoms with Crippen LogP contribution in [0.1, 0.15) is 22.3 Å². The van der Waals surface area contributed by atoms with Gasteiger partial charge in [-0.15, -0.1) is 0 Å². The highest BCUT2D eigenvalue weighted by atomic mass is 16.5. The molecule has 54 heavy (non-hydrogen) atoms. The molecule has 0 fully saturated rings. The molecule has 0 radical (unpaired) electrons. The predicted molar refractivity (Wildman–Crippen MR) is 216 cm³/mol. The van der Waals surface area contributed by atoms with Crippen molar-refractivity contribution in [2.24, 2.45) is 0 Å². The van der Waals surface area contributed by atoms with Gasteiger partial charge in [-0.3, -0.25) is 0 Å². The van der Waals surface area contributed by atoms with Crippen molar-refractivity contribution in [3.63, 3.8) is 0 Å². The highest BCUT2D eigenvalue weighted by Gasteiger charge is 2.51. The maximum absolute atomic E-state index is 6.71. The third kappa shape index (κ3) is 4.47. The molecule has 1 aliphatic heterocycles. The van der Waals surface area contributed by atoms with E-state index in [1.165, 1.54) is 33.4 Å². The number of benzene rings is 8. The van der Waals surface area contributed by atoms with Crippen molar-refractivity contribution in [2.45, 2.75) is 5.41 Å². The molecule has 4 heteroatoms. The normalized spacial score (nSPS) is 13.1. The van der Waals surface area contributed by atoms with E-state index in [-0.39, 0.29) is 0 Å². The van der Waals surface area contributed by atoms with E-state index in [4.69, 9.17) is 19.7 Å². The highest BCUT2D eigenvalue weighted by Crippen LogP contribution is 2.62. The van der Waals surface area contributed by atoms with E-state index < -0.39 is 5.41 Å². The molecular weight excluding hydrogens is 659 g/mol. The van der Waals surface area contributed by atoms with Crippen LogP contribution in [0.15, 0.2) is 188 Å². The fraction of sp³-hybridized carbons (Fsp3) is 0.0200. The van der Waals surface area contributed by atoms with Gasteiger partial charge in [-0.2, -0.15) is 0 Å². The van der Waals surface area contributed by atoms with Crippen LogP contribution < -0.4 is 4.74 Å². The largest absolute Gasteiger partial charge is 0.457 e. The molecule has 0 N–H and O–H groups in total. The van der Waals surface area contributed by atoms with Crippen molar-refractivity contribution >= 4 is 10.8 Å². The van der Waals surface area contributed by atoms with Crippen molar-refractivity contribution in [1.29, 1.82) is 0 Å². The maximum atomic E-state index is 6.71. The van der Waals surface area contributed by atoms with E-state index in [9.17, 15) is 0 Å². The Labute approximate surface area is 313 Å². The number of hydrogen-bond acceptors (Lipinski definition) is 4. The van der Waals surface area contributed by atoms with Gasteiger partial charge in [-0.25, -0.2) is 15.0 Å². The smallest absolute Gasteiger partial charge is 0.164 e. The zero-order chi connectivity index (χ0) is 35.6. The molecule has 1 aliphatic carbocycles. The van der Waals surface area contributed by atoms with Crippen molar-refractivity contribution in [1.82, 2.24) is 15.0 Å². The molecule has 1 aromatic heterocycles. The van der Waals surface area contributed by atoms with E-state index in [1.807, 2.05) is 24.3 Å². The Bertz CT molecular complexity index is 2870. The lowest BCUT2D eigenvalue weighted by atomic mass is 9.66. The highest BCUT2D eigenvalue weighted by molar-refractivity contribution is 6.04. The van der Waals surface area contributed by atoms with Crippen LogP contribution in [0.5, 0.6) is 11.5 Å². The summed E-state index contributed by atoms with van der Waals surface area (Å²) in [6, 6.07) is 66.0. The van der Waals surface area contributed by atoms with Crippen LogP contribution in [0.2, 0.25) is 0 Å². The van der Waals surface area contributed by atoms with Gasteiger partial charge in [0, 0.05) is 27.8 Å². The van der Waals surface area contributed by atoms with Gasteiger partial charge in [-0.1, -0.05) is 158 Å².